The molecule has 0 bridgehead atoms. The van der Waals surface area contributed by atoms with Crippen LogP contribution in [0.5, 0.6) is 5.75 Å². The third kappa shape index (κ3) is 3.37. The average Bonchev–Trinajstić information content (AvgIpc) is 2.44. The number of hydrogen-bond donors (Lipinski definition) is 0. The molecule has 0 aliphatic heterocycles. The van der Waals surface area contributed by atoms with Crippen LogP contribution in [0.1, 0.15) is 28.4 Å². The fourth-order valence-electron chi connectivity index (χ4n) is 1.79. The van der Waals surface area contributed by atoms with Gasteiger partial charge in [0.2, 0.25) is 0 Å². The van der Waals surface area contributed by atoms with Gasteiger partial charge in [0, 0.05) is 5.02 Å². The average molecular weight is 286 g/mol. The van der Waals surface area contributed by atoms with Gasteiger partial charge < -0.3 is 4.74 Å². The number of ketones is 1. The SMILES string of the molecule is CC(=O)c1ccc(C#N)cc1OCc1cccc(Cl)c1. The van der Waals surface area contributed by atoms with Crippen LogP contribution in [0.3, 0.4) is 0 Å². The molecule has 2 aromatic rings. The summed E-state index contributed by atoms with van der Waals surface area (Å²) in [6.45, 7) is 1.75. The molecular formula is C16H12ClNO2. The quantitative estimate of drug-likeness (QED) is 0.798. The van der Waals surface area contributed by atoms with Gasteiger partial charge in [-0.3, -0.25) is 4.79 Å². The Morgan fingerprint density at radius 3 is 2.75 bits per heavy atom. The zero-order valence-corrected chi connectivity index (χ0v) is 11.6. The highest BCUT2D eigenvalue weighted by Crippen LogP contribution is 2.22. The second kappa shape index (κ2) is 6.23. The fraction of sp³-hybridized carbons (Fsp3) is 0.125. The van der Waals surface area contributed by atoms with E-state index in [2.05, 4.69) is 0 Å². The molecule has 0 unspecified atom stereocenters. The Hall–Kier alpha value is -2.31. The van der Waals surface area contributed by atoms with Crippen LogP contribution in [-0.2, 0) is 6.61 Å². The zero-order chi connectivity index (χ0) is 14.5. The van der Waals surface area contributed by atoms with Gasteiger partial charge in [-0.1, -0.05) is 23.7 Å². The fourth-order valence-corrected chi connectivity index (χ4v) is 2.00. The molecule has 0 saturated carbocycles. The molecule has 4 heteroatoms. The highest BCUT2D eigenvalue weighted by atomic mass is 35.5. The minimum Gasteiger partial charge on any atom is -0.488 e. The lowest BCUT2D eigenvalue weighted by atomic mass is 10.1. The molecule has 0 fully saturated rings. The van der Waals surface area contributed by atoms with Crippen molar-refractivity contribution in [1.29, 1.82) is 5.26 Å². The van der Waals surface area contributed by atoms with E-state index in [9.17, 15) is 4.79 Å². The lowest BCUT2D eigenvalue weighted by Crippen LogP contribution is -2.02. The van der Waals surface area contributed by atoms with E-state index in [1.54, 1.807) is 30.3 Å². The number of nitriles is 1. The van der Waals surface area contributed by atoms with E-state index >= 15 is 0 Å². The first-order chi connectivity index (χ1) is 9.60. The van der Waals surface area contributed by atoms with Crippen LogP contribution < -0.4 is 4.74 Å². The molecule has 0 spiro atoms. The van der Waals surface area contributed by atoms with Crippen molar-refractivity contribution in [2.45, 2.75) is 13.5 Å². The van der Waals surface area contributed by atoms with Gasteiger partial charge in [0.15, 0.2) is 5.78 Å². The highest BCUT2D eigenvalue weighted by Gasteiger charge is 2.10. The van der Waals surface area contributed by atoms with E-state index in [0.29, 0.717) is 21.9 Å². The van der Waals surface area contributed by atoms with Crippen LogP contribution in [-0.4, -0.2) is 5.78 Å². The molecule has 100 valence electrons. The van der Waals surface area contributed by atoms with E-state index in [4.69, 9.17) is 21.6 Å². The summed E-state index contributed by atoms with van der Waals surface area (Å²) in [4.78, 5) is 11.5. The molecule has 0 saturated heterocycles. The van der Waals surface area contributed by atoms with Gasteiger partial charge in [-0.05, 0) is 42.8 Å². The van der Waals surface area contributed by atoms with Gasteiger partial charge in [-0.25, -0.2) is 0 Å². The summed E-state index contributed by atoms with van der Waals surface area (Å²) in [6.07, 6.45) is 0. The molecule has 2 aromatic carbocycles. The van der Waals surface area contributed by atoms with Crippen molar-refractivity contribution in [2.24, 2.45) is 0 Å². The van der Waals surface area contributed by atoms with E-state index in [1.165, 1.54) is 6.92 Å². The Bertz CT molecular complexity index is 689. The van der Waals surface area contributed by atoms with Gasteiger partial charge >= 0.3 is 0 Å². The minimum absolute atomic E-state index is 0.101. The van der Waals surface area contributed by atoms with Gasteiger partial charge in [0.05, 0.1) is 17.2 Å². The van der Waals surface area contributed by atoms with Crippen LogP contribution in [0.4, 0.5) is 0 Å². The lowest BCUT2D eigenvalue weighted by molar-refractivity contribution is 0.101. The second-order valence-corrected chi connectivity index (χ2v) is 4.73. The van der Waals surface area contributed by atoms with Crippen LogP contribution >= 0.6 is 11.6 Å². The van der Waals surface area contributed by atoms with Crippen LogP contribution in [0.25, 0.3) is 0 Å². The molecule has 0 N–H and O–H groups in total. The molecule has 0 atom stereocenters. The molecule has 0 aromatic heterocycles. The Balaban J connectivity index is 2.24. The summed E-state index contributed by atoms with van der Waals surface area (Å²) in [5.41, 5.74) is 1.82. The maximum absolute atomic E-state index is 11.5. The molecule has 0 heterocycles. The summed E-state index contributed by atoms with van der Waals surface area (Å²) < 4.78 is 5.65. The summed E-state index contributed by atoms with van der Waals surface area (Å²) in [5, 5.41) is 9.53. The van der Waals surface area contributed by atoms with E-state index < -0.39 is 0 Å². The van der Waals surface area contributed by atoms with E-state index in [0.717, 1.165) is 5.56 Å². The first-order valence-electron chi connectivity index (χ1n) is 6.02. The molecule has 0 aliphatic carbocycles. The molecule has 2 rings (SSSR count). The van der Waals surface area contributed by atoms with Crippen molar-refractivity contribution in [2.75, 3.05) is 0 Å². The highest BCUT2D eigenvalue weighted by molar-refractivity contribution is 6.30. The molecular weight excluding hydrogens is 274 g/mol. The third-order valence-corrected chi connectivity index (χ3v) is 3.01. The van der Waals surface area contributed by atoms with Crippen LogP contribution in [0, 0.1) is 11.3 Å². The van der Waals surface area contributed by atoms with Gasteiger partial charge in [-0.2, -0.15) is 5.26 Å². The monoisotopic (exact) mass is 285 g/mol. The number of halogens is 1. The van der Waals surface area contributed by atoms with Crippen molar-refractivity contribution >= 4 is 17.4 Å². The molecule has 20 heavy (non-hydrogen) atoms. The number of carbonyl (C=O) groups is 1. The number of carbonyl (C=O) groups excluding carboxylic acids is 1. The van der Waals surface area contributed by atoms with Gasteiger partial charge in [0.1, 0.15) is 12.4 Å². The van der Waals surface area contributed by atoms with Crippen molar-refractivity contribution < 1.29 is 9.53 Å². The van der Waals surface area contributed by atoms with E-state index in [1.807, 2.05) is 18.2 Å². The number of Topliss-reactive ketones (excluding diaryl/α,β-unsaturated/α-hetero) is 1. The molecule has 0 radical (unpaired) electrons. The van der Waals surface area contributed by atoms with Gasteiger partial charge in [0.25, 0.3) is 0 Å². The maximum Gasteiger partial charge on any atom is 0.163 e. The first kappa shape index (κ1) is 14.1. The molecule has 3 nitrogen and oxygen atoms in total. The lowest BCUT2D eigenvalue weighted by Gasteiger charge is -2.10. The topological polar surface area (TPSA) is 50.1 Å². The van der Waals surface area contributed by atoms with Gasteiger partial charge in [-0.15, -0.1) is 0 Å². The standard InChI is InChI=1S/C16H12ClNO2/c1-11(19)15-6-5-12(9-18)8-16(15)20-10-13-3-2-4-14(17)7-13/h2-8H,10H2,1H3. The predicted octanol–water partition coefficient (Wildman–Crippen LogP) is 3.99. The predicted molar refractivity (Wildman–Crippen MR) is 76.9 cm³/mol. The number of ether oxygens (including phenoxy) is 1. The summed E-state index contributed by atoms with van der Waals surface area (Å²) in [5.74, 6) is 0.312. The number of nitrogens with zero attached hydrogens (tertiary/aromatic N) is 1. The van der Waals surface area contributed by atoms with Crippen molar-refractivity contribution in [3.8, 4) is 11.8 Å². The van der Waals surface area contributed by atoms with Crippen LogP contribution in [0.2, 0.25) is 5.02 Å². The van der Waals surface area contributed by atoms with Crippen molar-refractivity contribution in [3.63, 3.8) is 0 Å². The minimum atomic E-state index is -0.101. The Morgan fingerprint density at radius 2 is 2.10 bits per heavy atom. The zero-order valence-electron chi connectivity index (χ0n) is 10.9. The smallest absolute Gasteiger partial charge is 0.163 e. The largest absolute Gasteiger partial charge is 0.488 e. The Morgan fingerprint density at radius 1 is 1.30 bits per heavy atom. The van der Waals surface area contributed by atoms with E-state index in [-0.39, 0.29) is 12.4 Å². The van der Waals surface area contributed by atoms with Crippen LogP contribution in [0.15, 0.2) is 42.5 Å². The summed E-state index contributed by atoms with van der Waals surface area (Å²) in [7, 11) is 0. The molecule has 0 amide bonds. The van der Waals surface area contributed by atoms with Crippen molar-refractivity contribution in [1.82, 2.24) is 0 Å². The normalized spacial score (nSPS) is 9.85. The molecule has 0 aliphatic rings. The number of hydrogen-bond acceptors (Lipinski definition) is 3. The number of benzene rings is 2. The Labute approximate surface area is 122 Å². The summed E-state index contributed by atoms with van der Waals surface area (Å²) >= 11 is 5.90. The number of rotatable bonds is 4. The Kier molecular flexibility index (Phi) is 4.39. The second-order valence-electron chi connectivity index (χ2n) is 4.30. The summed E-state index contributed by atoms with van der Waals surface area (Å²) in [6, 6.07) is 14.1. The maximum atomic E-state index is 11.5. The third-order valence-electron chi connectivity index (χ3n) is 2.77. The first-order valence-corrected chi connectivity index (χ1v) is 6.40. The van der Waals surface area contributed by atoms with Crippen molar-refractivity contribution in [3.05, 3.63) is 64.2 Å².